The molecule has 0 bridgehead atoms. The maximum absolute atomic E-state index is 12.1. The summed E-state index contributed by atoms with van der Waals surface area (Å²) in [5.41, 5.74) is 2.39. The number of carbonyl (C=O) groups is 2. The van der Waals surface area contributed by atoms with E-state index in [0.717, 1.165) is 11.1 Å². The SMILES string of the molecule is O=C(Cc1ccccc1-c1ccccc1)N[C@@H](CS(=O)(=O)O)C(=O)O. The van der Waals surface area contributed by atoms with Gasteiger partial charge in [-0.2, -0.15) is 8.42 Å². The van der Waals surface area contributed by atoms with Crippen LogP contribution < -0.4 is 5.32 Å². The highest BCUT2D eigenvalue weighted by atomic mass is 32.2. The highest BCUT2D eigenvalue weighted by Gasteiger charge is 2.25. The van der Waals surface area contributed by atoms with Gasteiger partial charge in [0.15, 0.2) is 0 Å². The Morgan fingerprint density at radius 2 is 1.60 bits per heavy atom. The highest BCUT2D eigenvalue weighted by molar-refractivity contribution is 7.85. The summed E-state index contributed by atoms with van der Waals surface area (Å²) in [5.74, 6) is -3.28. The van der Waals surface area contributed by atoms with Crippen LogP contribution in [0.25, 0.3) is 11.1 Å². The van der Waals surface area contributed by atoms with E-state index in [1.54, 1.807) is 12.1 Å². The molecule has 1 atom stereocenters. The second kappa shape index (κ2) is 7.91. The third-order valence-electron chi connectivity index (χ3n) is 3.46. The van der Waals surface area contributed by atoms with Crippen LogP contribution in [0.5, 0.6) is 0 Å². The summed E-state index contributed by atoms with van der Waals surface area (Å²) in [6.07, 6.45) is -0.125. The van der Waals surface area contributed by atoms with Crippen molar-refractivity contribution in [3.8, 4) is 11.1 Å². The molecule has 1 amide bonds. The van der Waals surface area contributed by atoms with Gasteiger partial charge in [0.05, 0.1) is 6.42 Å². The molecule has 0 saturated heterocycles. The molecule has 7 nitrogen and oxygen atoms in total. The van der Waals surface area contributed by atoms with E-state index in [1.807, 2.05) is 42.5 Å². The van der Waals surface area contributed by atoms with E-state index in [4.69, 9.17) is 9.66 Å². The van der Waals surface area contributed by atoms with Crippen LogP contribution in [-0.2, 0) is 26.1 Å². The summed E-state index contributed by atoms with van der Waals surface area (Å²) in [6, 6.07) is 14.8. The van der Waals surface area contributed by atoms with E-state index in [0.29, 0.717) is 5.56 Å². The van der Waals surface area contributed by atoms with Crippen molar-refractivity contribution in [2.24, 2.45) is 0 Å². The van der Waals surface area contributed by atoms with Gasteiger partial charge >= 0.3 is 5.97 Å². The number of hydrogen-bond acceptors (Lipinski definition) is 4. The molecule has 0 heterocycles. The largest absolute Gasteiger partial charge is 0.480 e. The lowest BCUT2D eigenvalue weighted by Crippen LogP contribution is -2.45. The van der Waals surface area contributed by atoms with Crippen molar-refractivity contribution in [2.75, 3.05) is 5.75 Å². The Bertz CT molecular complexity index is 864. The number of benzene rings is 2. The minimum atomic E-state index is -4.53. The molecule has 0 spiro atoms. The Morgan fingerprint density at radius 3 is 2.20 bits per heavy atom. The molecule has 0 radical (unpaired) electrons. The first-order valence-corrected chi connectivity index (χ1v) is 8.98. The Morgan fingerprint density at radius 1 is 1.00 bits per heavy atom. The molecule has 0 aliphatic rings. The molecule has 2 aromatic carbocycles. The summed E-state index contributed by atoms with van der Waals surface area (Å²) >= 11 is 0. The lowest BCUT2D eigenvalue weighted by Gasteiger charge is -2.14. The van der Waals surface area contributed by atoms with Gasteiger partial charge in [-0.05, 0) is 16.7 Å². The standard InChI is InChI=1S/C17H17NO6S/c19-16(18-15(17(20)21)11-25(22,23)24)10-13-8-4-5-9-14(13)12-6-2-1-3-7-12/h1-9,15H,10-11H2,(H,18,19)(H,20,21)(H,22,23,24)/t15-/m0/s1. The second-order valence-corrected chi connectivity index (χ2v) is 6.90. The molecule has 0 aromatic heterocycles. The molecular formula is C17H17NO6S. The van der Waals surface area contributed by atoms with Crippen molar-refractivity contribution in [3.05, 3.63) is 60.2 Å². The zero-order valence-corrected chi connectivity index (χ0v) is 13.9. The molecule has 0 fully saturated rings. The monoisotopic (exact) mass is 363 g/mol. The third kappa shape index (κ3) is 5.70. The summed E-state index contributed by atoms with van der Waals surface area (Å²) in [7, 11) is -4.53. The van der Waals surface area contributed by atoms with E-state index in [9.17, 15) is 18.0 Å². The lowest BCUT2D eigenvalue weighted by molar-refractivity contribution is -0.141. The predicted octanol–water partition coefficient (Wildman–Crippen LogP) is 1.35. The highest BCUT2D eigenvalue weighted by Crippen LogP contribution is 2.23. The fourth-order valence-corrected chi connectivity index (χ4v) is 3.02. The van der Waals surface area contributed by atoms with Crippen LogP contribution in [0.15, 0.2) is 54.6 Å². The molecule has 0 unspecified atom stereocenters. The number of nitrogens with one attached hydrogen (secondary N) is 1. The second-order valence-electron chi connectivity index (χ2n) is 5.41. The van der Waals surface area contributed by atoms with Gasteiger partial charge in [-0.25, -0.2) is 4.79 Å². The number of aliphatic carboxylic acids is 1. The van der Waals surface area contributed by atoms with E-state index in [2.05, 4.69) is 5.32 Å². The summed E-state index contributed by atoms with van der Waals surface area (Å²) in [5, 5.41) is 11.1. The maximum atomic E-state index is 12.1. The lowest BCUT2D eigenvalue weighted by atomic mass is 9.97. The minimum Gasteiger partial charge on any atom is -0.480 e. The first-order valence-electron chi connectivity index (χ1n) is 7.37. The van der Waals surface area contributed by atoms with E-state index in [1.165, 1.54) is 0 Å². The zero-order chi connectivity index (χ0) is 18.4. The fraction of sp³-hybridized carbons (Fsp3) is 0.176. The Labute approximate surface area is 145 Å². The van der Waals surface area contributed by atoms with E-state index < -0.39 is 33.8 Å². The van der Waals surface area contributed by atoms with Crippen LogP contribution >= 0.6 is 0 Å². The van der Waals surface area contributed by atoms with Gasteiger partial charge in [-0.1, -0.05) is 54.6 Å². The average molecular weight is 363 g/mol. The average Bonchev–Trinajstić information content (AvgIpc) is 2.54. The molecule has 25 heavy (non-hydrogen) atoms. The van der Waals surface area contributed by atoms with Crippen LogP contribution in [0.4, 0.5) is 0 Å². The van der Waals surface area contributed by atoms with Crippen LogP contribution in [0.1, 0.15) is 5.56 Å². The number of carbonyl (C=O) groups excluding carboxylic acids is 1. The first-order chi connectivity index (χ1) is 11.8. The molecule has 132 valence electrons. The van der Waals surface area contributed by atoms with Gasteiger partial charge in [-0.3, -0.25) is 9.35 Å². The van der Waals surface area contributed by atoms with Crippen molar-refractivity contribution in [1.29, 1.82) is 0 Å². The normalized spacial score (nSPS) is 12.4. The van der Waals surface area contributed by atoms with Gasteiger partial charge in [0.25, 0.3) is 10.1 Å². The molecule has 2 aromatic rings. The van der Waals surface area contributed by atoms with Gasteiger partial charge in [-0.15, -0.1) is 0 Å². The van der Waals surface area contributed by atoms with Crippen LogP contribution in [0, 0.1) is 0 Å². The van der Waals surface area contributed by atoms with E-state index in [-0.39, 0.29) is 6.42 Å². The molecular weight excluding hydrogens is 346 g/mol. The number of carboxylic acids is 1. The number of rotatable bonds is 7. The zero-order valence-electron chi connectivity index (χ0n) is 13.1. The quantitative estimate of drug-likeness (QED) is 0.639. The van der Waals surface area contributed by atoms with Gasteiger partial charge in [0.1, 0.15) is 11.8 Å². The minimum absolute atomic E-state index is 0.125. The Balaban J connectivity index is 2.17. The van der Waals surface area contributed by atoms with Gasteiger partial charge < -0.3 is 10.4 Å². The molecule has 3 N–H and O–H groups in total. The smallest absolute Gasteiger partial charge is 0.327 e. The Kier molecular flexibility index (Phi) is 5.89. The fourth-order valence-electron chi connectivity index (χ4n) is 2.38. The molecule has 2 rings (SSSR count). The first kappa shape index (κ1) is 18.6. The topological polar surface area (TPSA) is 121 Å². The molecule has 0 aliphatic carbocycles. The summed E-state index contributed by atoms with van der Waals surface area (Å²) in [4.78, 5) is 23.2. The Hall–Kier alpha value is -2.71. The summed E-state index contributed by atoms with van der Waals surface area (Å²) in [6.45, 7) is 0. The molecule has 0 saturated carbocycles. The van der Waals surface area contributed by atoms with Crippen molar-refractivity contribution in [1.82, 2.24) is 5.32 Å². The number of carboxylic acid groups (broad SMARTS) is 1. The van der Waals surface area contributed by atoms with E-state index >= 15 is 0 Å². The molecule has 8 heteroatoms. The maximum Gasteiger partial charge on any atom is 0.327 e. The number of amides is 1. The molecule has 0 aliphatic heterocycles. The van der Waals surface area contributed by atoms with Crippen LogP contribution in [-0.4, -0.2) is 41.7 Å². The van der Waals surface area contributed by atoms with Crippen LogP contribution in [0.3, 0.4) is 0 Å². The van der Waals surface area contributed by atoms with Gasteiger partial charge in [0.2, 0.25) is 5.91 Å². The predicted molar refractivity (Wildman–Crippen MR) is 91.6 cm³/mol. The van der Waals surface area contributed by atoms with Crippen molar-refractivity contribution in [2.45, 2.75) is 12.5 Å². The van der Waals surface area contributed by atoms with Crippen molar-refractivity contribution < 1.29 is 27.7 Å². The van der Waals surface area contributed by atoms with Crippen molar-refractivity contribution in [3.63, 3.8) is 0 Å². The van der Waals surface area contributed by atoms with Crippen molar-refractivity contribution >= 4 is 22.0 Å². The van der Waals surface area contributed by atoms with Crippen LogP contribution in [0.2, 0.25) is 0 Å². The van der Waals surface area contributed by atoms with Gasteiger partial charge in [0, 0.05) is 0 Å². The summed E-state index contributed by atoms with van der Waals surface area (Å²) < 4.78 is 30.5. The third-order valence-corrected chi connectivity index (χ3v) is 4.22. The number of hydrogen-bond donors (Lipinski definition) is 3.